The first-order valence-electron chi connectivity index (χ1n) is 8.61. The minimum absolute atomic E-state index is 0.0697. The zero-order valence-corrected chi connectivity index (χ0v) is 14.6. The van der Waals surface area contributed by atoms with E-state index in [1.54, 1.807) is 12.1 Å². The van der Waals surface area contributed by atoms with E-state index in [0.717, 1.165) is 11.4 Å². The van der Waals surface area contributed by atoms with Gasteiger partial charge in [0.2, 0.25) is 5.91 Å². The van der Waals surface area contributed by atoms with Crippen molar-refractivity contribution in [2.45, 2.75) is 12.8 Å². The number of carbonyl (C=O) groups excluding carboxylic acids is 2. The summed E-state index contributed by atoms with van der Waals surface area (Å²) in [5, 5.41) is 6.03. The molecule has 3 aromatic carbocycles. The van der Waals surface area contributed by atoms with Crippen molar-refractivity contribution in [2.24, 2.45) is 0 Å². The maximum atomic E-state index is 12.9. The largest absolute Gasteiger partial charge is 0.356 e. The fourth-order valence-corrected chi connectivity index (χ4v) is 2.56. The Hall–Kier alpha value is -3.47. The second-order valence-corrected chi connectivity index (χ2v) is 6.05. The first-order valence-corrected chi connectivity index (χ1v) is 8.61. The van der Waals surface area contributed by atoms with Crippen molar-refractivity contribution in [1.29, 1.82) is 0 Å². The van der Waals surface area contributed by atoms with Crippen LogP contribution in [-0.4, -0.2) is 11.7 Å². The molecule has 4 nitrogen and oxygen atoms in total. The van der Waals surface area contributed by atoms with Gasteiger partial charge in [-0.2, -0.15) is 0 Å². The van der Waals surface area contributed by atoms with Crippen LogP contribution in [0.5, 0.6) is 0 Å². The van der Waals surface area contributed by atoms with Gasteiger partial charge in [0, 0.05) is 35.5 Å². The molecule has 0 aliphatic heterocycles. The number of ketones is 1. The van der Waals surface area contributed by atoms with Crippen LogP contribution < -0.4 is 10.6 Å². The molecular weight excluding hydrogens is 343 g/mol. The van der Waals surface area contributed by atoms with Crippen molar-refractivity contribution in [3.8, 4) is 0 Å². The normalized spacial score (nSPS) is 10.3. The van der Waals surface area contributed by atoms with E-state index in [4.69, 9.17) is 0 Å². The van der Waals surface area contributed by atoms with Crippen LogP contribution in [0, 0.1) is 5.82 Å². The van der Waals surface area contributed by atoms with Crippen LogP contribution >= 0.6 is 0 Å². The van der Waals surface area contributed by atoms with E-state index in [1.807, 2.05) is 42.5 Å². The van der Waals surface area contributed by atoms with E-state index in [0.29, 0.717) is 11.3 Å². The lowest BCUT2D eigenvalue weighted by molar-refractivity contribution is -0.116. The number of nitrogens with one attached hydrogen (secondary N) is 2. The fraction of sp³-hybridized carbons (Fsp3) is 0.0909. The number of amides is 1. The third kappa shape index (κ3) is 5.51. The second kappa shape index (κ2) is 8.76. The molecule has 5 heteroatoms. The molecular formula is C22H19FN2O2. The molecule has 0 aliphatic rings. The third-order valence-electron chi connectivity index (χ3n) is 3.98. The highest BCUT2D eigenvalue weighted by atomic mass is 19.1. The number of carbonyl (C=O) groups is 2. The number of hydrogen-bond acceptors (Lipinski definition) is 3. The quantitative estimate of drug-likeness (QED) is 0.570. The van der Waals surface area contributed by atoms with Gasteiger partial charge in [-0.05, 0) is 60.7 Å². The van der Waals surface area contributed by atoms with E-state index in [-0.39, 0.29) is 24.5 Å². The van der Waals surface area contributed by atoms with Crippen molar-refractivity contribution in [2.75, 3.05) is 10.6 Å². The Morgan fingerprint density at radius 2 is 1.30 bits per heavy atom. The lowest BCUT2D eigenvalue weighted by atomic mass is 10.1. The molecule has 27 heavy (non-hydrogen) atoms. The lowest BCUT2D eigenvalue weighted by Crippen LogP contribution is -2.13. The highest BCUT2D eigenvalue weighted by Crippen LogP contribution is 2.19. The molecule has 0 heterocycles. The van der Waals surface area contributed by atoms with Crippen molar-refractivity contribution >= 4 is 28.8 Å². The highest BCUT2D eigenvalue weighted by molar-refractivity contribution is 6.00. The number of anilines is 3. The predicted octanol–water partition coefficient (Wildman–Crippen LogP) is 5.17. The van der Waals surface area contributed by atoms with Gasteiger partial charge >= 0.3 is 0 Å². The van der Waals surface area contributed by atoms with E-state index in [2.05, 4.69) is 10.6 Å². The molecule has 0 aliphatic carbocycles. The SMILES string of the molecule is O=C(CCC(=O)c1ccc(F)cc1)Nc1ccc(Nc2ccccc2)cc1. The number of benzene rings is 3. The number of Topliss-reactive ketones (excluding diaryl/α,β-unsaturated/α-hetero) is 1. The maximum absolute atomic E-state index is 12.9. The predicted molar refractivity (Wildman–Crippen MR) is 105 cm³/mol. The van der Waals surface area contributed by atoms with Crippen LogP contribution in [0.15, 0.2) is 78.9 Å². The Balaban J connectivity index is 1.49. The molecule has 0 radical (unpaired) electrons. The van der Waals surface area contributed by atoms with Crippen molar-refractivity contribution in [1.82, 2.24) is 0 Å². The molecule has 0 atom stereocenters. The average Bonchev–Trinajstić information content (AvgIpc) is 2.69. The summed E-state index contributed by atoms with van der Waals surface area (Å²) >= 11 is 0. The molecule has 136 valence electrons. The molecule has 2 N–H and O–H groups in total. The van der Waals surface area contributed by atoms with Gasteiger partial charge in [0.1, 0.15) is 5.82 Å². The van der Waals surface area contributed by atoms with Gasteiger partial charge in [-0.1, -0.05) is 18.2 Å². The Bertz CT molecular complexity index is 907. The summed E-state index contributed by atoms with van der Waals surface area (Å²) in [7, 11) is 0. The summed E-state index contributed by atoms with van der Waals surface area (Å²) in [6.07, 6.45) is 0.144. The minimum atomic E-state index is -0.394. The Morgan fingerprint density at radius 1 is 0.704 bits per heavy atom. The molecule has 3 rings (SSSR count). The van der Waals surface area contributed by atoms with Crippen molar-refractivity contribution in [3.05, 3.63) is 90.2 Å². The second-order valence-electron chi connectivity index (χ2n) is 6.05. The third-order valence-corrected chi connectivity index (χ3v) is 3.98. The van der Waals surface area contributed by atoms with Gasteiger partial charge in [-0.15, -0.1) is 0 Å². The Labute approximate surface area is 157 Å². The monoisotopic (exact) mass is 362 g/mol. The van der Waals surface area contributed by atoms with Crippen molar-refractivity contribution in [3.63, 3.8) is 0 Å². The smallest absolute Gasteiger partial charge is 0.224 e. The van der Waals surface area contributed by atoms with Crippen LogP contribution in [0.4, 0.5) is 21.5 Å². The zero-order valence-electron chi connectivity index (χ0n) is 14.6. The van der Waals surface area contributed by atoms with Crippen LogP contribution in [0.25, 0.3) is 0 Å². The molecule has 0 saturated carbocycles. The minimum Gasteiger partial charge on any atom is -0.356 e. The van der Waals surface area contributed by atoms with Crippen LogP contribution in [0.3, 0.4) is 0 Å². The zero-order chi connectivity index (χ0) is 19.1. The summed E-state index contributed by atoms with van der Waals surface area (Å²) in [4.78, 5) is 24.1. The summed E-state index contributed by atoms with van der Waals surface area (Å²) in [6.45, 7) is 0. The van der Waals surface area contributed by atoms with Gasteiger partial charge in [0.15, 0.2) is 5.78 Å². The standard InChI is InChI=1S/C22H19FN2O2/c23-17-8-6-16(7-9-17)21(26)14-15-22(27)25-20-12-10-19(11-13-20)24-18-4-2-1-3-5-18/h1-13,24H,14-15H2,(H,25,27). The fourth-order valence-electron chi connectivity index (χ4n) is 2.56. The van der Waals surface area contributed by atoms with Gasteiger partial charge in [-0.3, -0.25) is 9.59 Å². The maximum Gasteiger partial charge on any atom is 0.224 e. The first kappa shape index (κ1) is 18.3. The molecule has 3 aromatic rings. The van der Waals surface area contributed by atoms with E-state index < -0.39 is 5.82 Å². The topological polar surface area (TPSA) is 58.2 Å². The molecule has 0 saturated heterocycles. The lowest BCUT2D eigenvalue weighted by Gasteiger charge is -2.08. The Morgan fingerprint density at radius 3 is 1.96 bits per heavy atom. The van der Waals surface area contributed by atoms with Crippen LogP contribution in [-0.2, 0) is 4.79 Å². The van der Waals surface area contributed by atoms with Gasteiger partial charge in [0.25, 0.3) is 0 Å². The summed E-state index contributed by atoms with van der Waals surface area (Å²) < 4.78 is 12.9. The first-order chi connectivity index (χ1) is 13.1. The van der Waals surface area contributed by atoms with Crippen LogP contribution in [0.1, 0.15) is 23.2 Å². The van der Waals surface area contributed by atoms with E-state index >= 15 is 0 Å². The number of para-hydroxylation sites is 1. The van der Waals surface area contributed by atoms with Crippen molar-refractivity contribution < 1.29 is 14.0 Å². The summed E-state index contributed by atoms with van der Waals surface area (Å²) in [5.74, 6) is -0.823. The summed E-state index contributed by atoms with van der Waals surface area (Å²) in [6, 6.07) is 22.4. The highest BCUT2D eigenvalue weighted by Gasteiger charge is 2.10. The van der Waals surface area contributed by atoms with Crippen LogP contribution in [0.2, 0.25) is 0 Å². The molecule has 0 spiro atoms. The van der Waals surface area contributed by atoms with Gasteiger partial charge < -0.3 is 10.6 Å². The van der Waals surface area contributed by atoms with E-state index in [9.17, 15) is 14.0 Å². The Kier molecular flexibility index (Phi) is 5.94. The molecule has 0 unspecified atom stereocenters. The van der Waals surface area contributed by atoms with E-state index in [1.165, 1.54) is 24.3 Å². The van der Waals surface area contributed by atoms with Gasteiger partial charge in [0.05, 0.1) is 0 Å². The molecule has 1 amide bonds. The molecule has 0 aromatic heterocycles. The number of halogens is 1. The van der Waals surface area contributed by atoms with Gasteiger partial charge in [-0.25, -0.2) is 4.39 Å². The average molecular weight is 362 g/mol. The summed E-state index contributed by atoms with van der Waals surface area (Å²) in [5.41, 5.74) is 2.95. The number of hydrogen-bond donors (Lipinski definition) is 2. The number of rotatable bonds is 7. The molecule has 0 fully saturated rings. The molecule has 0 bridgehead atoms.